The summed E-state index contributed by atoms with van der Waals surface area (Å²) >= 11 is 0. The van der Waals surface area contributed by atoms with Gasteiger partial charge in [0.05, 0.1) is 5.92 Å². The Hall–Kier alpha value is -1.32. The van der Waals surface area contributed by atoms with E-state index in [0.29, 0.717) is 24.2 Å². The van der Waals surface area contributed by atoms with Crippen molar-refractivity contribution < 1.29 is 14.7 Å². The predicted molar refractivity (Wildman–Crippen MR) is 95.6 cm³/mol. The van der Waals surface area contributed by atoms with Gasteiger partial charge in [-0.25, -0.2) is 0 Å². The number of allylic oxidation sites excluding steroid dienone is 2. The molecule has 0 radical (unpaired) electrons. The molecule has 6 atom stereocenters. The van der Waals surface area contributed by atoms with E-state index >= 15 is 0 Å². The molecule has 1 N–H and O–H groups in total. The van der Waals surface area contributed by atoms with Crippen LogP contribution in [-0.2, 0) is 9.59 Å². The molecule has 3 aliphatic carbocycles. The van der Waals surface area contributed by atoms with Gasteiger partial charge in [0.1, 0.15) is 0 Å². The van der Waals surface area contributed by atoms with E-state index in [1.165, 1.54) is 11.3 Å². The molecular formula is C21H31NO3. The lowest BCUT2D eigenvalue weighted by molar-refractivity contribution is -0.150. The average molecular weight is 345 g/mol. The number of aliphatic carboxylic acids is 1. The minimum atomic E-state index is -0.596. The SMILES string of the molecule is CC1=C2N(C)C(=O)CC[C@]2(C)[C@@H]2CC[C@]3(C)C(C(=O)O)CC[C@H]3[C@@H]2C1. The highest BCUT2D eigenvalue weighted by Gasteiger charge is 2.61. The zero-order valence-electron chi connectivity index (χ0n) is 16.0. The van der Waals surface area contributed by atoms with Crippen molar-refractivity contribution in [3.05, 3.63) is 11.3 Å². The highest BCUT2D eigenvalue weighted by molar-refractivity contribution is 5.80. The summed E-state index contributed by atoms with van der Waals surface area (Å²) in [4.78, 5) is 26.0. The number of carboxylic acid groups (broad SMARTS) is 1. The molecule has 1 aliphatic heterocycles. The third-order valence-electron chi connectivity index (χ3n) is 8.61. The average Bonchev–Trinajstić information content (AvgIpc) is 2.89. The molecule has 4 aliphatic rings. The molecule has 3 fully saturated rings. The van der Waals surface area contributed by atoms with Gasteiger partial charge in [-0.3, -0.25) is 9.59 Å². The molecule has 1 heterocycles. The zero-order valence-corrected chi connectivity index (χ0v) is 16.0. The van der Waals surface area contributed by atoms with Crippen molar-refractivity contribution in [1.82, 2.24) is 4.90 Å². The Balaban J connectivity index is 1.74. The van der Waals surface area contributed by atoms with Crippen molar-refractivity contribution in [2.75, 3.05) is 7.05 Å². The first-order chi connectivity index (χ1) is 11.7. The summed E-state index contributed by atoms with van der Waals surface area (Å²) in [5.41, 5.74) is 2.68. The van der Waals surface area contributed by atoms with Gasteiger partial charge in [0.2, 0.25) is 5.91 Å². The second-order valence-corrected chi connectivity index (χ2v) is 9.59. The minimum Gasteiger partial charge on any atom is -0.481 e. The summed E-state index contributed by atoms with van der Waals surface area (Å²) in [6.07, 6.45) is 6.67. The lowest BCUT2D eigenvalue weighted by atomic mass is 9.48. The van der Waals surface area contributed by atoms with Gasteiger partial charge in [0.25, 0.3) is 0 Å². The molecule has 4 heteroatoms. The molecule has 25 heavy (non-hydrogen) atoms. The summed E-state index contributed by atoms with van der Waals surface area (Å²) in [5.74, 6) is 1.17. The van der Waals surface area contributed by atoms with E-state index in [0.717, 1.165) is 38.5 Å². The lowest BCUT2D eigenvalue weighted by Crippen LogP contribution is -2.54. The van der Waals surface area contributed by atoms with Gasteiger partial charge in [-0.05, 0) is 68.6 Å². The lowest BCUT2D eigenvalue weighted by Gasteiger charge is -2.59. The van der Waals surface area contributed by atoms with Gasteiger partial charge < -0.3 is 10.0 Å². The molecular weight excluding hydrogens is 314 g/mol. The highest BCUT2D eigenvalue weighted by atomic mass is 16.4. The van der Waals surface area contributed by atoms with Gasteiger partial charge in [0.15, 0.2) is 0 Å². The first-order valence-electron chi connectivity index (χ1n) is 9.89. The number of hydrogen-bond acceptors (Lipinski definition) is 2. The van der Waals surface area contributed by atoms with E-state index in [2.05, 4.69) is 20.8 Å². The van der Waals surface area contributed by atoms with Crippen LogP contribution in [0.15, 0.2) is 11.3 Å². The number of rotatable bonds is 1. The standard InChI is InChI=1S/C21H31NO3/c1-12-11-13-14-5-6-16(19(24)25)20(14,2)9-7-15(13)21(3)10-8-17(23)22(4)18(12)21/h13-16H,5-11H2,1-4H3,(H,24,25)/t13-,14-,15+,16?,20-,21+/m0/s1. The maximum atomic E-state index is 12.3. The van der Waals surface area contributed by atoms with Crippen LogP contribution in [0.3, 0.4) is 0 Å². The molecule has 0 spiro atoms. The largest absolute Gasteiger partial charge is 0.481 e. The first-order valence-corrected chi connectivity index (χ1v) is 9.89. The van der Waals surface area contributed by atoms with Crippen LogP contribution in [0, 0.1) is 34.5 Å². The quantitative estimate of drug-likeness (QED) is 0.779. The molecule has 0 bridgehead atoms. The molecule has 4 rings (SSSR count). The fourth-order valence-electron chi connectivity index (χ4n) is 7.51. The molecule has 0 aromatic carbocycles. The van der Waals surface area contributed by atoms with Gasteiger partial charge in [-0.2, -0.15) is 0 Å². The molecule has 1 amide bonds. The molecule has 138 valence electrons. The van der Waals surface area contributed by atoms with Crippen molar-refractivity contribution in [3.8, 4) is 0 Å². The van der Waals surface area contributed by atoms with Crippen LogP contribution < -0.4 is 0 Å². The summed E-state index contributed by atoms with van der Waals surface area (Å²) in [6.45, 7) is 6.82. The van der Waals surface area contributed by atoms with E-state index in [4.69, 9.17) is 0 Å². The Bertz CT molecular complexity index is 668. The maximum Gasteiger partial charge on any atom is 0.307 e. The highest BCUT2D eigenvalue weighted by Crippen LogP contribution is 2.66. The van der Waals surface area contributed by atoms with Crippen molar-refractivity contribution in [1.29, 1.82) is 0 Å². The molecule has 4 nitrogen and oxygen atoms in total. The Kier molecular flexibility index (Phi) is 3.66. The zero-order chi connectivity index (χ0) is 18.1. The number of fused-ring (bicyclic) bond motifs is 5. The number of amides is 1. The van der Waals surface area contributed by atoms with Crippen LogP contribution in [0.5, 0.6) is 0 Å². The Morgan fingerprint density at radius 3 is 2.56 bits per heavy atom. The molecule has 0 aromatic rings. The summed E-state index contributed by atoms with van der Waals surface area (Å²) in [7, 11) is 1.95. The summed E-state index contributed by atoms with van der Waals surface area (Å²) in [6, 6.07) is 0. The first kappa shape index (κ1) is 17.1. The molecule has 0 aromatic heterocycles. The normalized spacial score (nSPS) is 46.6. The number of hydrogen-bond donors (Lipinski definition) is 1. The molecule has 1 saturated heterocycles. The van der Waals surface area contributed by atoms with Crippen LogP contribution in [-0.4, -0.2) is 28.9 Å². The predicted octanol–water partition coefficient (Wildman–Crippen LogP) is 4.07. The van der Waals surface area contributed by atoms with Gasteiger partial charge in [0, 0.05) is 24.6 Å². The molecule has 2 saturated carbocycles. The van der Waals surface area contributed by atoms with Crippen LogP contribution in [0.25, 0.3) is 0 Å². The minimum absolute atomic E-state index is 0.0441. The number of nitrogens with zero attached hydrogens (tertiary/aromatic N) is 1. The van der Waals surface area contributed by atoms with Gasteiger partial charge >= 0.3 is 5.97 Å². The topological polar surface area (TPSA) is 57.6 Å². The van der Waals surface area contributed by atoms with Crippen molar-refractivity contribution in [2.24, 2.45) is 34.5 Å². The van der Waals surface area contributed by atoms with E-state index in [-0.39, 0.29) is 22.7 Å². The van der Waals surface area contributed by atoms with Gasteiger partial charge in [-0.1, -0.05) is 19.4 Å². The maximum absolute atomic E-state index is 12.3. The van der Waals surface area contributed by atoms with E-state index in [9.17, 15) is 14.7 Å². The number of carbonyl (C=O) groups excluding carboxylic acids is 1. The van der Waals surface area contributed by atoms with Crippen LogP contribution >= 0.6 is 0 Å². The van der Waals surface area contributed by atoms with E-state index in [1.54, 1.807) is 0 Å². The van der Waals surface area contributed by atoms with Crippen LogP contribution in [0.1, 0.15) is 65.7 Å². The third-order valence-corrected chi connectivity index (χ3v) is 8.61. The van der Waals surface area contributed by atoms with E-state index in [1.807, 2.05) is 11.9 Å². The second-order valence-electron chi connectivity index (χ2n) is 9.59. The number of piperidine rings is 1. The van der Waals surface area contributed by atoms with E-state index < -0.39 is 5.97 Å². The molecule has 1 unspecified atom stereocenters. The van der Waals surface area contributed by atoms with Crippen molar-refractivity contribution in [3.63, 3.8) is 0 Å². The fourth-order valence-corrected chi connectivity index (χ4v) is 7.51. The number of carbonyl (C=O) groups is 2. The Morgan fingerprint density at radius 1 is 1.16 bits per heavy atom. The smallest absolute Gasteiger partial charge is 0.307 e. The van der Waals surface area contributed by atoms with Gasteiger partial charge in [-0.15, -0.1) is 0 Å². The van der Waals surface area contributed by atoms with Crippen LogP contribution in [0.4, 0.5) is 0 Å². The van der Waals surface area contributed by atoms with Crippen molar-refractivity contribution >= 4 is 11.9 Å². The summed E-state index contributed by atoms with van der Waals surface area (Å²) < 4.78 is 0. The Morgan fingerprint density at radius 2 is 1.88 bits per heavy atom. The third kappa shape index (κ3) is 2.12. The van der Waals surface area contributed by atoms with Crippen LogP contribution in [0.2, 0.25) is 0 Å². The Labute approximate surface area is 150 Å². The monoisotopic (exact) mass is 345 g/mol. The van der Waals surface area contributed by atoms with Crippen molar-refractivity contribution in [2.45, 2.75) is 65.7 Å². The second kappa shape index (κ2) is 5.34. The number of carboxylic acids is 1. The fraction of sp³-hybridized carbons (Fsp3) is 0.810. The summed E-state index contributed by atoms with van der Waals surface area (Å²) in [5, 5.41) is 9.71. The number of likely N-dealkylation sites (tertiary alicyclic amines) is 1.